The predicted molar refractivity (Wildman–Crippen MR) is 111 cm³/mol. The minimum atomic E-state index is -1.15. The van der Waals surface area contributed by atoms with Crippen LogP contribution in [0.2, 0.25) is 0 Å². The van der Waals surface area contributed by atoms with Gasteiger partial charge in [-0.1, -0.05) is 34.1 Å². The standard InChI is InChI=1S/C24H40O5/c1-16(25)28-14-20-23(6)12-8-18-21(3,4)10-7-11-22(18,5)19(23)9-13-24(20,27)15-29-17(2)26/h18-20,27H,7-15H2,1-6H3/t18-,19-,20-,22-,23-,24+/m1/s1. The molecule has 0 heterocycles. The summed E-state index contributed by atoms with van der Waals surface area (Å²) >= 11 is 0. The van der Waals surface area contributed by atoms with Gasteiger partial charge in [-0.15, -0.1) is 0 Å². The van der Waals surface area contributed by atoms with Crippen LogP contribution in [0, 0.1) is 34.0 Å². The van der Waals surface area contributed by atoms with E-state index in [-0.39, 0.29) is 41.9 Å². The lowest BCUT2D eigenvalue weighted by Crippen LogP contribution is -2.65. The van der Waals surface area contributed by atoms with Gasteiger partial charge in [0.15, 0.2) is 0 Å². The van der Waals surface area contributed by atoms with Crippen LogP contribution >= 0.6 is 0 Å². The van der Waals surface area contributed by atoms with Crippen molar-refractivity contribution in [3.63, 3.8) is 0 Å². The fourth-order valence-corrected chi connectivity index (χ4v) is 7.89. The van der Waals surface area contributed by atoms with E-state index in [9.17, 15) is 14.7 Å². The summed E-state index contributed by atoms with van der Waals surface area (Å²) in [5, 5.41) is 11.6. The quantitative estimate of drug-likeness (QED) is 0.693. The van der Waals surface area contributed by atoms with Gasteiger partial charge in [-0.2, -0.15) is 0 Å². The molecule has 3 aliphatic rings. The van der Waals surface area contributed by atoms with Crippen LogP contribution in [0.4, 0.5) is 0 Å². The first-order chi connectivity index (χ1) is 13.4. The molecule has 3 fully saturated rings. The van der Waals surface area contributed by atoms with Crippen molar-refractivity contribution in [3.05, 3.63) is 0 Å². The Morgan fingerprint density at radius 2 is 1.48 bits per heavy atom. The first-order valence-electron chi connectivity index (χ1n) is 11.3. The van der Waals surface area contributed by atoms with Crippen molar-refractivity contribution in [2.75, 3.05) is 13.2 Å². The molecule has 0 aromatic rings. The number of carbonyl (C=O) groups excluding carboxylic acids is 2. The van der Waals surface area contributed by atoms with Gasteiger partial charge in [-0.25, -0.2) is 0 Å². The van der Waals surface area contributed by atoms with Crippen molar-refractivity contribution in [1.82, 2.24) is 0 Å². The summed E-state index contributed by atoms with van der Waals surface area (Å²) in [5.74, 6) is 0.188. The second kappa shape index (κ2) is 7.55. The molecule has 0 aliphatic heterocycles. The fraction of sp³-hybridized carbons (Fsp3) is 0.917. The van der Waals surface area contributed by atoms with E-state index in [1.54, 1.807) is 0 Å². The van der Waals surface area contributed by atoms with Crippen LogP contribution in [0.25, 0.3) is 0 Å². The molecule has 5 heteroatoms. The Balaban J connectivity index is 1.96. The van der Waals surface area contributed by atoms with Gasteiger partial charge in [0.05, 0.1) is 6.61 Å². The number of aliphatic hydroxyl groups is 1. The summed E-state index contributed by atoms with van der Waals surface area (Å²) in [6.07, 6.45) is 7.41. The summed E-state index contributed by atoms with van der Waals surface area (Å²) in [7, 11) is 0. The summed E-state index contributed by atoms with van der Waals surface area (Å²) in [6.45, 7) is 12.5. The SMILES string of the molecule is CC(=O)OC[C@H]1[C@@](O)(COC(C)=O)CC[C@@H]2[C@]3(C)CCCC(C)(C)[C@H]3CC[C@]21C. The molecule has 0 aromatic heterocycles. The van der Waals surface area contributed by atoms with E-state index in [1.807, 2.05) is 0 Å². The zero-order chi connectivity index (χ0) is 21.7. The van der Waals surface area contributed by atoms with Crippen molar-refractivity contribution in [1.29, 1.82) is 0 Å². The van der Waals surface area contributed by atoms with Gasteiger partial charge < -0.3 is 14.6 Å². The third-order valence-corrected chi connectivity index (χ3v) is 9.13. The lowest BCUT2D eigenvalue weighted by Gasteiger charge is -2.67. The molecule has 0 bridgehead atoms. The predicted octanol–water partition coefficient (Wildman–Crippen LogP) is 4.50. The Labute approximate surface area is 175 Å². The van der Waals surface area contributed by atoms with Crippen molar-refractivity contribution in [2.24, 2.45) is 34.0 Å². The molecule has 166 valence electrons. The summed E-state index contributed by atoms with van der Waals surface area (Å²) in [6, 6.07) is 0. The topological polar surface area (TPSA) is 72.8 Å². The largest absolute Gasteiger partial charge is 0.465 e. The van der Waals surface area contributed by atoms with Crippen molar-refractivity contribution < 1.29 is 24.2 Å². The number of ether oxygens (including phenoxy) is 2. The van der Waals surface area contributed by atoms with E-state index in [1.165, 1.54) is 33.1 Å². The minimum Gasteiger partial charge on any atom is -0.465 e. The second-order valence-corrected chi connectivity index (χ2v) is 11.3. The summed E-state index contributed by atoms with van der Waals surface area (Å²) < 4.78 is 10.7. The first-order valence-corrected chi connectivity index (χ1v) is 11.3. The van der Waals surface area contributed by atoms with Crippen LogP contribution in [0.5, 0.6) is 0 Å². The van der Waals surface area contributed by atoms with Gasteiger partial charge in [-0.3, -0.25) is 9.59 Å². The molecular formula is C24H40O5. The third-order valence-electron chi connectivity index (χ3n) is 9.13. The van der Waals surface area contributed by atoms with Gasteiger partial charge in [0, 0.05) is 19.8 Å². The Kier molecular flexibility index (Phi) is 5.88. The molecular weight excluding hydrogens is 368 g/mol. The number of fused-ring (bicyclic) bond motifs is 3. The molecule has 6 atom stereocenters. The average molecular weight is 409 g/mol. The van der Waals surface area contributed by atoms with E-state index in [0.717, 1.165) is 19.3 Å². The van der Waals surface area contributed by atoms with E-state index < -0.39 is 5.60 Å². The van der Waals surface area contributed by atoms with Gasteiger partial charge in [0.1, 0.15) is 12.2 Å². The van der Waals surface area contributed by atoms with E-state index >= 15 is 0 Å². The number of hydrogen-bond donors (Lipinski definition) is 1. The molecule has 5 nitrogen and oxygen atoms in total. The van der Waals surface area contributed by atoms with Crippen LogP contribution in [0.15, 0.2) is 0 Å². The Morgan fingerprint density at radius 1 is 0.862 bits per heavy atom. The van der Waals surface area contributed by atoms with Crippen LogP contribution in [-0.2, 0) is 19.1 Å². The maximum absolute atomic E-state index is 11.6. The number of rotatable bonds is 4. The average Bonchev–Trinajstić information content (AvgIpc) is 2.58. The lowest BCUT2D eigenvalue weighted by atomic mass is 9.38. The molecule has 0 amide bonds. The molecule has 0 radical (unpaired) electrons. The maximum Gasteiger partial charge on any atom is 0.302 e. The smallest absolute Gasteiger partial charge is 0.302 e. The molecule has 0 unspecified atom stereocenters. The van der Waals surface area contributed by atoms with Crippen LogP contribution in [0.1, 0.15) is 86.5 Å². The highest BCUT2D eigenvalue weighted by Crippen LogP contribution is 2.69. The highest BCUT2D eigenvalue weighted by atomic mass is 16.5. The molecule has 29 heavy (non-hydrogen) atoms. The summed E-state index contributed by atoms with van der Waals surface area (Å²) in [5.41, 5.74) is -0.738. The van der Waals surface area contributed by atoms with Gasteiger partial charge in [0.2, 0.25) is 0 Å². The van der Waals surface area contributed by atoms with E-state index in [2.05, 4.69) is 27.7 Å². The maximum atomic E-state index is 11.6. The van der Waals surface area contributed by atoms with Gasteiger partial charge >= 0.3 is 11.9 Å². The number of esters is 2. The van der Waals surface area contributed by atoms with Crippen LogP contribution in [-0.4, -0.2) is 35.9 Å². The number of hydrogen-bond acceptors (Lipinski definition) is 5. The molecule has 3 saturated carbocycles. The highest BCUT2D eigenvalue weighted by molar-refractivity contribution is 5.66. The van der Waals surface area contributed by atoms with Crippen molar-refractivity contribution in [3.8, 4) is 0 Å². The zero-order valence-electron chi connectivity index (χ0n) is 19.2. The van der Waals surface area contributed by atoms with Crippen molar-refractivity contribution >= 4 is 11.9 Å². The van der Waals surface area contributed by atoms with E-state index in [4.69, 9.17) is 9.47 Å². The van der Waals surface area contributed by atoms with Gasteiger partial charge in [-0.05, 0) is 66.6 Å². The normalized spacial score (nSPS) is 43.6. The Bertz CT molecular complexity index is 658. The lowest BCUT2D eigenvalue weighted by molar-refractivity contribution is -0.235. The molecule has 3 rings (SSSR count). The second-order valence-electron chi connectivity index (χ2n) is 11.3. The molecule has 0 spiro atoms. The third kappa shape index (κ3) is 3.84. The van der Waals surface area contributed by atoms with Crippen LogP contribution < -0.4 is 0 Å². The minimum absolute atomic E-state index is 0.0256. The first kappa shape index (κ1) is 22.6. The number of carbonyl (C=O) groups is 2. The Morgan fingerprint density at radius 3 is 2.10 bits per heavy atom. The molecule has 0 aromatic carbocycles. The van der Waals surface area contributed by atoms with Crippen LogP contribution in [0.3, 0.4) is 0 Å². The fourth-order valence-electron chi connectivity index (χ4n) is 7.89. The molecule has 1 N–H and O–H groups in total. The monoisotopic (exact) mass is 408 g/mol. The van der Waals surface area contributed by atoms with E-state index in [0.29, 0.717) is 23.7 Å². The Hall–Kier alpha value is -1.10. The molecule has 0 saturated heterocycles. The van der Waals surface area contributed by atoms with Gasteiger partial charge in [0.25, 0.3) is 0 Å². The van der Waals surface area contributed by atoms with Crippen molar-refractivity contribution in [2.45, 2.75) is 92.1 Å². The zero-order valence-corrected chi connectivity index (χ0v) is 19.2. The summed E-state index contributed by atoms with van der Waals surface area (Å²) in [4.78, 5) is 23.1. The molecule has 3 aliphatic carbocycles. The highest BCUT2D eigenvalue weighted by Gasteiger charge is 2.65.